The molecule has 0 spiro atoms. The van der Waals surface area contributed by atoms with E-state index in [9.17, 15) is 4.79 Å². The maximum atomic E-state index is 11.6. The summed E-state index contributed by atoms with van der Waals surface area (Å²) in [4.78, 5) is 11.6. The predicted molar refractivity (Wildman–Crippen MR) is 141 cm³/mol. The van der Waals surface area contributed by atoms with E-state index in [2.05, 4.69) is 45.4 Å². The molecule has 176 valence electrons. The molecule has 4 heteroatoms. The third-order valence-corrected chi connectivity index (χ3v) is 7.91. The number of esters is 1. The van der Waals surface area contributed by atoms with Crippen LogP contribution >= 0.6 is 31.9 Å². The molecule has 0 aliphatic heterocycles. The van der Waals surface area contributed by atoms with Crippen LogP contribution in [0, 0.1) is 0 Å². The minimum atomic E-state index is -0.414. The first-order chi connectivity index (χ1) is 15.1. The first-order valence-electron chi connectivity index (χ1n) is 12.4. The smallest absolute Gasteiger partial charge is 0.335 e. The number of carbonyl (C=O) groups is 1. The van der Waals surface area contributed by atoms with Gasteiger partial charge in [0.15, 0.2) is 0 Å². The van der Waals surface area contributed by atoms with E-state index in [4.69, 9.17) is 4.74 Å². The van der Waals surface area contributed by atoms with E-state index < -0.39 is 5.97 Å². The molecule has 0 N–H and O–H groups in total. The Hall–Kier alpha value is -0.610. The Balaban J connectivity index is 2.06. The molecule has 0 saturated heterocycles. The molecule has 0 bridgehead atoms. The zero-order chi connectivity index (χ0) is 22.7. The van der Waals surface area contributed by atoms with E-state index >= 15 is 0 Å². The predicted octanol–water partition coefficient (Wildman–Crippen LogP) is 10.1. The summed E-state index contributed by atoms with van der Waals surface area (Å²) in [6.07, 6.45) is 24.0. The second kappa shape index (κ2) is 18.9. The maximum Gasteiger partial charge on any atom is 0.335 e. The van der Waals surface area contributed by atoms with Gasteiger partial charge in [0.1, 0.15) is 5.75 Å². The Labute approximate surface area is 207 Å². The van der Waals surface area contributed by atoms with Crippen LogP contribution in [0.15, 0.2) is 33.7 Å². The second-order valence-electron chi connectivity index (χ2n) is 8.52. The van der Waals surface area contributed by atoms with Crippen molar-refractivity contribution in [2.45, 2.75) is 116 Å². The van der Waals surface area contributed by atoms with Crippen molar-refractivity contribution in [3.63, 3.8) is 0 Å². The van der Waals surface area contributed by atoms with Crippen LogP contribution in [0.1, 0.15) is 115 Å². The zero-order valence-electron chi connectivity index (χ0n) is 19.5. The first kappa shape index (κ1) is 28.4. The second-order valence-corrected chi connectivity index (χ2v) is 10.2. The molecular weight excluding hydrogens is 516 g/mol. The number of unbranched alkanes of at least 4 members (excludes halogenated alkanes) is 15. The van der Waals surface area contributed by atoms with E-state index in [1.165, 1.54) is 102 Å². The van der Waals surface area contributed by atoms with Gasteiger partial charge < -0.3 is 4.74 Å². The fraction of sp³-hybridized carbons (Fsp3) is 0.667. The Bertz CT molecular complexity index is 628. The monoisotopic (exact) mass is 556 g/mol. The Morgan fingerprint density at radius 2 is 1.26 bits per heavy atom. The molecule has 0 aliphatic rings. The number of hydrogen-bond donors (Lipinski definition) is 0. The average molecular weight is 558 g/mol. The van der Waals surface area contributed by atoms with Gasteiger partial charge in [-0.05, 0) is 56.8 Å². The average Bonchev–Trinajstić information content (AvgIpc) is 2.77. The Morgan fingerprint density at radius 3 is 1.71 bits per heavy atom. The fourth-order valence-corrected chi connectivity index (χ4v) is 4.80. The minimum Gasteiger partial charge on any atom is -0.423 e. The van der Waals surface area contributed by atoms with Gasteiger partial charge in [-0.3, -0.25) is 0 Å². The van der Waals surface area contributed by atoms with Crippen molar-refractivity contribution < 1.29 is 9.53 Å². The lowest BCUT2D eigenvalue weighted by Crippen LogP contribution is -2.06. The van der Waals surface area contributed by atoms with Crippen molar-refractivity contribution in [3.05, 3.63) is 39.3 Å². The molecule has 31 heavy (non-hydrogen) atoms. The fourth-order valence-electron chi connectivity index (χ4n) is 3.90. The largest absolute Gasteiger partial charge is 0.423 e. The molecule has 1 rings (SSSR count). The van der Waals surface area contributed by atoms with E-state index in [0.717, 1.165) is 27.4 Å². The molecule has 0 aliphatic carbocycles. The molecule has 0 fully saturated rings. The van der Waals surface area contributed by atoms with Gasteiger partial charge >= 0.3 is 5.97 Å². The quantitative estimate of drug-likeness (QED) is 0.0731. The van der Waals surface area contributed by atoms with Crippen LogP contribution in [-0.2, 0) is 11.2 Å². The van der Waals surface area contributed by atoms with Gasteiger partial charge in [0.05, 0.1) is 0 Å². The molecule has 2 nitrogen and oxygen atoms in total. The summed E-state index contributed by atoms with van der Waals surface area (Å²) in [5.41, 5.74) is 1.05. The summed E-state index contributed by atoms with van der Waals surface area (Å²) >= 11 is 7.17. The SMILES string of the molecule is C=CC(=O)Oc1ccc(Br)c(Br)c1CCCCCCCCCCCCCCCCCC. The third-order valence-electron chi connectivity index (χ3n) is 5.81. The molecule has 0 aromatic heterocycles. The molecular formula is C27H42Br2O2. The Kier molecular flexibility index (Phi) is 17.3. The summed E-state index contributed by atoms with van der Waals surface area (Å²) < 4.78 is 7.36. The molecule has 0 saturated carbocycles. The highest BCUT2D eigenvalue weighted by Crippen LogP contribution is 2.35. The van der Waals surface area contributed by atoms with Gasteiger partial charge in [-0.15, -0.1) is 0 Å². The van der Waals surface area contributed by atoms with Gasteiger partial charge in [0, 0.05) is 20.6 Å². The van der Waals surface area contributed by atoms with Crippen LogP contribution in [0.25, 0.3) is 0 Å². The number of benzene rings is 1. The topological polar surface area (TPSA) is 26.3 Å². The van der Waals surface area contributed by atoms with Gasteiger partial charge in [-0.1, -0.05) is 110 Å². The summed E-state index contributed by atoms with van der Waals surface area (Å²) in [6, 6.07) is 3.74. The van der Waals surface area contributed by atoms with Gasteiger partial charge in [0.25, 0.3) is 0 Å². The number of ether oxygens (including phenoxy) is 1. The van der Waals surface area contributed by atoms with Crippen molar-refractivity contribution in [2.75, 3.05) is 0 Å². The highest BCUT2D eigenvalue weighted by atomic mass is 79.9. The van der Waals surface area contributed by atoms with Gasteiger partial charge in [-0.2, -0.15) is 0 Å². The summed E-state index contributed by atoms with van der Waals surface area (Å²) in [5, 5.41) is 0. The number of halogens is 2. The Morgan fingerprint density at radius 1 is 0.806 bits per heavy atom. The summed E-state index contributed by atoms with van der Waals surface area (Å²) in [7, 11) is 0. The van der Waals surface area contributed by atoms with E-state index in [0.29, 0.717) is 5.75 Å². The number of carbonyl (C=O) groups excluding carboxylic acids is 1. The lowest BCUT2D eigenvalue weighted by atomic mass is 10.0. The summed E-state index contributed by atoms with van der Waals surface area (Å²) in [5.74, 6) is 0.211. The van der Waals surface area contributed by atoms with Crippen LogP contribution in [0.5, 0.6) is 5.75 Å². The van der Waals surface area contributed by atoms with E-state index in [1.807, 2.05) is 12.1 Å². The van der Waals surface area contributed by atoms with Crippen molar-refractivity contribution >= 4 is 37.8 Å². The lowest BCUT2D eigenvalue weighted by molar-refractivity contribution is -0.129. The van der Waals surface area contributed by atoms with Crippen LogP contribution in [0.2, 0.25) is 0 Å². The number of hydrogen-bond acceptors (Lipinski definition) is 2. The van der Waals surface area contributed by atoms with Crippen LogP contribution in [-0.4, -0.2) is 5.97 Å². The zero-order valence-corrected chi connectivity index (χ0v) is 22.7. The van der Waals surface area contributed by atoms with E-state index in [-0.39, 0.29) is 0 Å². The van der Waals surface area contributed by atoms with E-state index in [1.54, 1.807) is 0 Å². The van der Waals surface area contributed by atoms with Crippen molar-refractivity contribution in [1.82, 2.24) is 0 Å². The molecule has 0 heterocycles. The third kappa shape index (κ3) is 13.5. The molecule has 1 aromatic rings. The highest BCUT2D eigenvalue weighted by molar-refractivity contribution is 9.13. The molecule has 0 radical (unpaired) electrons. The van der Waals surface area contributed by atoms with Gasteiger partial charge in [-0.25, -0.2) is 4.79 Å². The van der Waals surface area contributed by atoms with Gasteiger partial charge in [0.2, 0.25) is 0 Å². The van der Waals surface area contributed by atoms with Crippen LogP contribution in [0.3, 0.4) is 0 Å². The maximum absolute atomic E-state index is 11.6. The van der Waals surface area contributed by atoms with Crippen LogP contribution < -0.4 is 4.74 Å². The number of rotatable bonds is 19. The molecule has 0 amide bonds. The van der Waals surface area contributed by atoms with Crippen molar-refractivity contribution in [3.8, 4) is 5.75 Å². The normalized spacial score (nSPS) is 10.9. The van der Waals surface area contributed by atoms with Crippen molar-refractivity contribution in [2.24, 2.45) is 0 Å². The standard InChI is InChI=1S/C27H42Br2O2/c1-3-5-6-7-8-9-10-11-12-13-14-15-16-17-18-19-20-23-25(31-26(30)4-2)22-21-24(28)27(23)29/h4,21-22H,2-3,5-20H2,1H3. The molecule has 0 unspecified atom stereocenters. The minimum absolute atomic E-state index is 0.414. The highest BCUT2D eigenvalue weighted by Gasteiger charge is 2.13. The van der Waals surface area contributed by atoms with Crippen LogP contribution in [0.4, 0.5) is 0 Å². The van der Waals surface area contributed by atoms with Crippen molar-refractivity contribution in [1.29, 1.82) is 0 Å². The molecule has 1 aromatic carbocycles. The first-order valence-corrected chi connectivity index (χ1v) is 14.0. The molecule has 0 atom stereocenters. The summed E-state index contributed by atoms with van der Waals surface area (Å²) in [6.45, 7) is 5.76. The lowest BCUT2D eigenvalue weighted by Gasteiger charge is -2.12.